The third-order valence-electron chi connectivity index (χ3n) is 2.62. The lowest BCUT2D eigenvalue weighted by Crippen LogP contribution is -2.42. The molecule has 0 amide bonds. The lowest BCUT2D eigenvalue weighted by molar-refractivity contribution is 0.123. The third-order valence-corrected chi connectivity index (χ3v) is 5.46. The Morgan fingerprint density at radius 3 is 1.94 bits per heavy atom. The zero-order chi connectivity index (χ0) is 13.3. The Bertz CT molecular complexity index is 247. The van der Waals surface area contributed by atoms with Gasteiger partial charge in [-0.05, 0) is 26.2 Å². The van der Waals surface area contributed by atoms with E-state index >= 15 is 0 Å². The average molecular weight is 260 g/mol. The van der Waals surface area contributed by atoms with E-state index in [1.807, 2.05) is 0 Å². The van der Waals surface area contributed by atoms with Gasteiger partial charge in [0.15, 0.2) is 0 Å². The van der Waals surface area contributed by atoms with E-state index in [9.17, 15) is 0 Å². The van der Waals surface area contributed by atoms with Gasteiger partial charge in [0, 0.05) is 45.2 Å². The van der Waals surface area contributed by atoms with Crippen molar-refractivity contribution in [2.75, 3.05) is 21.3 Å². The molecule has 0 fully saturated rings. The molecule has 0 aliphatic carbocycles. The van der Waals surface area contributed by atoms with Crippen LogP contribution in [-0.4, -0.2) is 41.6 Å². The molecule has 0 unspecified atom stereocenters. The van der Waals surface area contributed by atoms with Gasteiger partial charge in [0.2, 0.25) is 0 Å². The summed E-state index contributed by atoms with van der Waals surface area (Å²) < 4.78 is 15.9. The summed E-state index contributed by atoms with van der Waals surface area (Å²) in [5.41, 5.74) is 1.17. The van der Waals surface area contributed by atoms with E-state index in [-0.39, 0.29) is 0 Å². The Hall–Kier alpha value is -0.563. The van der Waals surface area contributed by atoms with Crippen LogP contribution in [0.3, 0.4) is 0 Å². The molecule has 100 valence electrons. The van der Waals surface area contributed by atoms with Crippen LogP contribution in [0.5, 0.6) is 0 Å². The molecule has 5 nitrogen and oxygen atoms in total. The molecule has 0 aliphatic heterocycles. The van der Waals surface area contributed by atoms with Crippen molar-refractivity contribution in [2.45, 2.75) is 38.7 Å². The standard InChI is InChI=1S/C11H24N2O3Si/c1-10(12)9-11(13)7-5-6-8-17(14-2,15-3)16-4/h12-13H,5-9H2,1-4H3. The number of nitrogens with one attached hydrogen (secondary N) is 2. The predicted molar refractivity (Wildman–Crippen MR) is 71.2 cm³/mol. The molecule has 0 aliphatic rings. The molecule has 0 rings (SSSR count). The maximum absolute atomic E-state index is 7.66. The SMILES string of the molecule is CO[Si](CCCCC(=N)CC(C)=N)(OC)OC. The van der Waals surface area contributed by atoms with Crippen LogP contribution in [-0.2, 0) is 13.3 Å². The summed E-state index contributed by atoms with van der Waals surface area (Å²) >= 11 is 0. The molecule has 17 heavy (non-hydrogen) atoms. The van der Waals surface area contributed by atoms with E-state index in [0.717, 1.165) is 25.3 Å². The molecule has 0 bridgehead atoms. The van der Waals surface area contributed by atoms with Crippen molar-refractivity contribution >= 4 is 20.2 Å². The molecule has 6 heteroatoms. The molecule has 0 saturated carbocycles. The van der Waals surface area contributed by atoms with Crippen LogP contribution in [0.2, 0.25) is 6.04 Å². The number of rotatable bonds is 10. The molecular weight excluding hydrogens is 236 g/mol. The lowest BCUT2D eigenvalue weighted by atomic mass is 10.1. The first kappa shape index (κ1) is 16.4. The number of hydrogen-bond acceptors (Lipinski definition) is 5. The molecule has 0 atom stereocenters. The van der Waals surface area contributed by atoms with Crippen LogP contribution in [0.1, 0.15) is 32.6 Å². The van der Waals surface area contributed by atoms with Crippen molar-refractivity contribution < 1.29 is 13.3 Å². The quantitative estimate of drug-likeness (QED) is 0.360. The molecule has 0 spiro atoms. The van der Waals surface area contributed by atoms with Crippen LogP contribution in [0, 0.1) is 10.8 Å². The van der Waals surface area contributed by atoms with Gasteiger partial charge in [-0.2, -0.15) is 0 Å². The highest BCUT2D eigenvalue weighted by Gasteiger charge is 2.36. The van der Waals surface area contributed by atoms with E-state index in [4.69, 9.17) is 24.1 Å². The zero-order valence-corrected chi connectivity index (χ0v) is 12.3. The maximum atomic E-state index is 7.66. The fourth-order valence-electron chi connectivity index (χ4n) is 1.64. The van der Waals surface area contributed by atoms with Crippen LogP contribution in [0.15, 0.2) is 0 Å². The van der Waals surface area contributed by atoms with Gasteiger partial charge in [0.05, 0.1) is 0 Å². The number of unbranched alkanes of at least 4 members (excludes halogenated alkanes) is 1. The molecule has 0 aromatic carbocycles. The zero-order valence-electron chi connectivity index (χ0n) is 11.3. The van der Waals surface area contributed by atoms with Gasteiger partial charge in [-0.3, -0.25) is 0 Å². The largest absolute Gasteiger partial charge is 0.500 e. The summed E-state index contributed by atoms with van der Waals surface area (Å²) in [5, 5.41) is 15.0. The molecular formula is C11H24N2O3Si. The summed E-state index contributed by atoms with van der Waals surface area (Å²) in [6, 6.07) is 0.771. The van der Waals surface area contributed by atoms with Crippen LogP contribution >= 0.6 is 0 Å². The molecule has 0 heterocycles. The Labute approximate surface area is 105 Å². The monoisotopic (exact) mass is 260 g/mol. The van der Waals surface area contributed by atoms with Crippen molar-refractivity contribution in [2.24, 2.45) is 0 Å². The smallest absolute Gasteiger partial charge is 0.377 e. The predicted octanol–water partition coefficient (Wildman–Crippen LogP) is 2.48. The summed E-state index contributed by atoms with van der Waals surface area (Å²) in [6.45, 7) is 1.73. The minimum absolute atomic E-state index is 0.488. The van der Waals surface area contributed by atoms with Crippen LogP contribution < -0.4 is 0 Å². The van der Waals surface area contributed by atoms with Gasteiger partial charge in [0.1, 0.15) is 0 Å². The van der Waals surface area contributed by atoms with Gasteiger partial charge < -0.3 is 24.1 Å². The molecule has 0 aromatic rings. The van der Waals surface area contributed by atoms with Crippen molar-refractivity contribution in [3.63, 3.8) is 0 Å². The van der Waals surface area contributed by atoms with Crippen LogP contribution in [0.4, 0.5) is 0 Å². The van der Waals surface area contributed by atoms with E-state index < -0.39 is 8.80 Å². The summed E-state index contributed by atoms with van der Waals surface area (Å²) in [6.07, 6.45) is 3.05. The first-order chi connectivity index (χ1) is 7.99. The van der Waals surface area contributed by atoms with E-state index in [1.54, 1.807) is 28.3 Å². The van der Waals surface area contributed by atoms with Gasteiger partial charge in [-0.25, -0.2) is 0 Å². The van der Waals surface area contributed by atoms with Crippen molar-refractivity contribution in [3.8, 4) is 0 Å². The maximum Gasteiger partial charge on any atom is 0.500 e. The van der Waals surface area contributed by atoms with Crippen LogP contribution in [0.25, 0.3) is 0 Å². The second-order valence-corrected chi connectivity index (χ2v) is 7.15. The minimum atomic E-state index is -2.43. The Balaban J connectivity index is 3.83. The van der Waals surface area contributed by atoms with Crippen molar-refractivity contribution in [1.82, 2.24) is 0 Å². The Kier molecular flexibility index (Phi) is 8.23. The molecule has 2 N–H and O–H groups in total. The topological polar surface area (TPSA) is 75.4 Å². The Morgan fingerprint density at radius 1 is 1.00 bits per heavy atom. The normalized spacial score (nSPS) is 11.5. The fraction of sp³-hybridized carbons (Fsp3) is 0.818. The summed E-state index contributed by atoms with van der Waals surface area (Å²) in [4.78, 5) is 0. The third kappa shape index (κ3) is 6.67. The van der Waals surface area contributed by atoms with Gasteiger partial charge in [-0.15, -0.1) is 0 Å². The summed E-state index contributed by atoms with van der Waals surface area (Å²) in [7, 11) is 2.40. The minimum Gasteiger partial charge on any atom is -0.377 e. The second-order valence-electron chi connectivity index (χ2n) is 4.06. The first-order valence-corrected chi connectivity index (χ1v) is 7.68. The van der Waals surface area contributed by atoms with Gasteiger partial charge >= 0.3 is 8.80 Å². The van der Waals surface area contributed by atoms with E-state index in [2.05, 4.69) is 0 Å². The second kappa shape index (κ2) is 8.52. The van der Waals surface area contributed by atoms with Crippen molar-refractivity contribution in [1.29, 1.82) is 10.8 Å². The highest BCUT2D eigenvalue weighted by molar-refractivity contribution is 6.60. The van der Waals surface area contributed by atoms with E-state index in [1.165, 1.54) is 0 Å². The van der Waals surface area contributed by atoms with Crippen molar-refractivity contribution in [3.05, 3.63) is 0 Å². The first-order valence-electron chi connectivity index (χ1n) is 5.75. The van der Waals surface area contributed by atoms with Gasteiger partial charge in [0.25, 0.3) is 0 Å². The molecule has 0 aromatic heterocycles. The average Bonchev–Trinajstić information content (AvgIpc) is 2.29. The van der Waals surface area contributed by atoms with Gasteiger partial charge in [-0.1, -0.05) is 0 Å². The Morgan fingerprint density at radius 2 is 1.53 bits per heavy atom. The highest BCUT2D eigenvalue weighted by atomic mass is 28.4. The van der Waals surface area contributed by atoms with E-state index in [0.29, 0.717) is 17.8 Å². The lowest BCUT2D eigenvalue weighted by Gasteiger charge is -2.24. The molecule has 0 radical (unpaired) electrons. The highest BCUT2D eigenvalue weighted by Crippen LogP contribution is 2.17. The summed E-state index contributed by atoms with van der Waals surface area (Å²) in [5.74, 6) is 0. The number of hydrogen-bond donors (Lipinski definition) is 2. The fourth-order valence-corrected chi connectivity index (χ4v) is 3.44. The molecule has 0 saturated heterocycles.